The Kier molecular flexibility index (Phi) is 3.37. The second-order valence-corrected chi connectivity index (χ2v) is 7.72. The third-order valence-corrected chi connectivity index (χ3v) is 4.97. The Hall–Kier alpha value is -2.36. The molecule has 24 heavy (non-hydrogen) atoms. The summed E-state index contributed by atoms with van der Waals surface area (Å²) >= 11 is 0. The fourth-order valence-electron chi connectivity index (χ4n) is 3.84. The monoisotopic (exact) mass is 320 g/mol. The van der Waals surface area contributed by atoms with Crippen molar-refractivity contribution in [3.63, 3.8) is 0 Å². The molecule has 0 radical (unpaired) electrons. The van der Waals surface area contributed by atoms with Crippen LogP contribution in [0.5, 0.6) is 0 Å². The maximum absolute atomic E-state index is 4.71. The van der Waals surface area contributed by atoms with E-state index in [0.717, 1.165) is 6.54 Å². The zero-order valence-corrected chi connectivity index (χ0v) is 14.8. The van der Waals surface area contributed by atoms with Crippen molar-refractivity contribution >= 4 is 5.69 Å². The predicted molar refractivity (Wildman–Crippen MR) is 96.9 cm³/mol. The number of rotatable bonds is 0. The zero-order chi connectivity index (χ0) is 16.9. The third kappa shape index (κ3) is 2.29. The maximum Gasteiger partial charge on any atom is 0.126 e. The normalized spacial score (nSPS) is 22.5. The van der Waals surface area contributed by atoms with Crippen LogP contribution in [0.4, 0.5) is 5.69 Å². The Labute approximate surface area is 143 Å². The van der Waals surface area contributed by atoms with Gasteiger partial charge < -0.3 is 4.90 Å². The highest BCUT2D eigenvalue weighted by atomic mass is 15.6. The first-order valence-electron chi connectivity index (χ1n) is 8.55. The van der Waals surface area contributed by atoms with E-state index in [1.165, 1.54) is 22.4 Å². The van der Waals surface area contributed by atoms with Gasteiger partial charge in [-0.1, -0.05) is 47.7 Å². The standard InChI is InChI=1S/C20H24N4/c1-20(2,3)24-19-15-10-6-5-9-14(15)13-23(4)17-12-8-7-11-16(17)18(19)21-22-24/h5-12,18-19H,13H2,1-4H3. The number of para-hydroxylation sites is 1. The molecule has 4 heteroatoms. The highest BCUT2D eigenvalue weighted by Crippen LogP contribution is 2.49. The molecule has 0 amide bonds. The lowest BCUT2D eigenvalue weighted by molar-refractivity contribution is 0.0966. The summed E-state index contributed by atoms with van der Waals surface area (Å²) in [5.74, 6) is 0. The van der Waals surface area contributed by atoms with Crippen molar-refractivity contribution in [3.05, 3.63) is 65.2 Å². The molecule has 2 aliphatic rings. The Morgan fingerprint density at radius 1 is 0.958 bits per heavy atom. The average Bonchev–Trinajstić information content (AvgIpc) is 2.99. The van der Waals surface area contributed by atoms with Gasteiger partial charge in [0.05, 0.1) is 5.54 Å². The Morgan fingerprint density at radius 3 is 2.38 bits per heavy atom. The van der Waals surface area contributed by atoms with E-state index in [-0.39, 0.29) is 17.6 Å². The summed E-state index contributed by atoms with van der Waals surface area (Å²) in [7, 11) is 2.16. The van der Waals surface area contributed by atoms with Gasteiger partial charge in [0.1, 0.15) is 12.1 Å². The van der Waals surface area contributed by atoms with Gasteiger partial charge in [-0.3, -0.25) is 5.01 Å². The van der Waals surface area contributed by atoms with Gasteiger partial charge in [0, 0.05) is 24.8 Å². The topological polar surface area (TPSA) is 31.2 Å². The summed E-state index contributed by atoms with van der Waals surface area (Å²) in [6.45, 7) is 7.50. The molecule has 2 aromatic carbocycles. The van der Waals surface area contributed by atoms with Crippen molar-refractivity contribution in [2.24, 2.45) is 10.3 Å². The molecule has 0 N–H and O–H groups in total. The Bertz CT molecular complexity index is 790. The molecular formula is C20H24N4. The molecule has 4 nitrogen and oxygen atoms in total. The fraction of sp³-hybridized carbons (Fsp3) is 0.400. The van der Waals surface area contributed by atoms with Crippen molar-refractivity contribution in [2.75, 3.05) is 11.9 Å². The number of hydrogen-bond donors (Lipinski definition) is 0. The fourth-order valence-corrected chi connectivity index (χ4v) is 3.84. The molecule has 2 aliphatic heterocycles. The molecule has 0 saturated carbocycles. The van der Waals surface area contributed by atoms with Crippen LogP contribution in [0.2, 0.25) is 0 Å². The molecule has 2 aromatic rings. The molecule has 2 atom stereocenters. The minimum Gasteiger partial charge on any atom is -0.370 e. The zero-order valence-electron chi connectivity index (χ0n) is 14.8. The van der Waals surface area contributed by atoms with Crippen LogP contribution in [0.3, 0.4) is 0 Å². The highest BCUT2D eigenvalue weighted by molar-refractivity contribution is 5.57. The minimum absolute atomic E-state index is 0.0318. The van der Waals surface area contributed by atoms with Crippen molar-refractivity contribution in [2.45, 2.75) is 44.9 Å². The first-order valence-corrected chi connectivity index (χ1v) is 8.55. The van der Waals surface area contributed by atoms with Crippen molar-refractivity contribution in [3.8, 4) is 0 Å². The number of benzene rings is 2. The molecule has 0 aliphatic carbocycles. The van der Waals surface area contributed by atoms with Crippen LogP contribution in [0.25, 0.3) is 0 Å². The lowest BCUT2D eigenvalue weighted by atomic mass is 9.86. The van der Waals surface area contributed by atoms with Crippen LogP contribution in [0, 0.1) is 0 Å². The average molecular weight is 320 g/mol. The van der Waals surface area contributed by atoms with Gasteiger partial charge in [-0.2, -0.15) is 5.11 Å². The van der Waals surface area contributed by atoms with Crippen LogP contribution in [-0.4, -0.2) is 17.6 Å². The molecule has 124 valence electrons. The van der Waals surface area contributed by atoms with Gasteiger partial charge in [-0.15, -0.1) is 0 Å². The van der Waals surface area contributed by atoms with E-state index in [9.17, 15) is 0 Å². The van der Waals surface area contributed by atoms with E-state index in [1.807, 2.05) is 0 Å². The Morgan fingerprint density at radius 2 is 1.62 bits per heavy atom. The second kappa shape index (κ2) is 5.33. The van der Waals surface area contributed by atoms with Gasteiger partial charge in [-0.25, -0.2) is 0 Å². The largest absolute Gasteiger partial charge is 0.370 e. The van der Waals surface area contributed by atoms with Crippen LogP contribution < -0.4 is 4.90 Å². The van der Waals surface area contributed by atoms with E-state index in [2.05, 4.69) is 91.5 Å². The van der Waals surface area contributed by atoms with Crippen LogP contribution in [0.1, 0.15) is 49.5 Å². The summed E-state index contributed by atoms with van der Waals surface area (Å²) in [4.78, 5) is 2.32. The Balaban J connectivity index is 1.94. The number of nitrogens with zero attached hydrogens (tertiary/aromatic N) is 4. The second-order valence-electron chi connectivity index (χ2n) is 7.72. The summed E-state index contributed by atoms with van der Waals surface area (Å²) in [5, 5.41) is 11.5. The molecule has 4 rings (SSSR count). The smallest absolute Gasteiger partial charge is 0.126 e. The summed E-state index contributed by atoms with van der Waals surface area (Å²) in [5.41, 5.74) is 5.12. The lowest BCUT2D eigenvalue weighted by Gasteiger charge is -2.39. The number of anilines is 1. The number of fused-ring (bicyclic) bond motifs is 5. The molecule has 0 spiro atoms. The van der Waals surface area contributed by atoms with Crippen LogP contribution in [-0.2, 0) is 6.54 Å². The quantitative estimate of drug-likeness (QED) is 0.691. The van der Waals surface area contributed by atoms with Crippen LogP contribution in [0.15, 0.2) is 58.9 Å². The van der Waals surface area contributed by atoms with Gasteiger partial charge in [0.2, 0.25) is 0 Å². The van der Waals surface area contributed by atoms with Gasteiger partial charge in [0.25, 0.3) is 0 Å². The molecule has 2 unspecified atom stereocenters. The predicted octanol–water partition coefficient (Wildman–Crippen LogP) is 4.90. The first kappa shape index (κ1) is 15.2. The first-order chi connectivity index (χ1) is 11.5. The highest BCUT2D eigenvalue weighted by Gasteiger charge is 2.43. The van der Waals surface area contributed by atoms with Gasteiger partial charge >= 0.3 is 0 Å². The minimum atomic E-state index is -0.0733. The molecular weight excluding hydrogens is 296 g/mol. The van der Waals surface area contributed by atoms with Crippen molar-refractivity contribution in [1.29, 1.82) is 0 Å². The molecule has 0 aromatic heterocycles. The van der Waals surface area contributed by atoms with Crippen molar-refractivity contribution < 1.29 is 0 Å². The van der Waals surface area contributed by atoms with Gasteiger partial charge in [0.15, 0.2) is 0 Å². The van der Waals surface area contributed by atoms with E-state index < -0.39 is 0 Å². The van der Waals surface area contributed by atoms with E-state index in [4.69, 9.17) is 5.11 Å². The summed E-state index contributed by atoms with van der Waals surface area (Å²) in [6, 6.07) is 17.5. The van der Waals surface area contributed by atoms with E-state index in [1.54, 1.807) is 0 Å². The van der Waals surface area contributed by atoms with Crippen LogP contribution >= 0.6 is 0 Å². The summed E-state index contributed by atoms with van der Waals surface area (Å²) < 4.78 is 0. The lowest BCUT2D eigenvalue weighted by Crippen LogP contribution is -2.40. The maximum atomic E-state index is 4.71. The van der Waals surface area contributed by atoms with Crippen molar-refractivity contribution in [1.82, 2.24) is 5.01 Å². The molecule has 2 heterocycles. The van der Waals surface area contributed by atoms with E-state index >= 15 is 0 Å². The SMILES string of the molecule is CN1Cc2ccccc2C2C(N=NN2C(C)(C)C)c2ccccc21. The summed E-state index contributed by atoms with van der Waals surface area (Å²) in [6.07, 6.45) is 0. The van der Waals surface area contributed by atoms with Gasteiger partial charge in [-0.05, 0) is 38.0 Å². The number of hydrogen-bond acceptors (Lipinski definition) is 4. The molecule has 0 fully saturated rings. The van der Waals surface area contributed by atoms with E-state index in [0.29, 0.717) is 0 Å². The third-order valence-electron chi connectivity index (χ3n) is 4.97. The molecule has 0 saturated heterocycles. The molecule has 0 bridgehead atoms.